The summed E-state index contributed by atoms with van der Waals surface area (Å²) < 4.78 is 12.2. The van der Waals surface area contributed by atoms with Gasteiger partial charge in [-0.3, -0.25) is 14.6 Å². The maximum atomic E-state index is 13.6. The second-order valence-corrected chi connectivity index (χ2v) is 8.83. The summed E-state index contributed by atoms with van der Waals surface area (Å²) in [5.41, 5.74) is 3.68. The molecule has 0 aliphatic carbocycles. The van der Waals surface area contributed by atoms with Crippen molar-refractivity contribution in [3.63, 3.8) is 0 Å². The maximum absolute atomic E-state index is 13.6. The van der Waals surface area contributed by atoms with Crippen molar-refractivity contribution in [2.45, 2.75) is 20.8 Å². The topological polar surface area (TPSA) is 54.9 Å². The summed E-state index contributed by atoms with van der Waals surface area (Å²) in [4.78, 5) is 22.6. The summed E-state index contributed by atoms with van der Waals surface area (Å²) in [5, 5.41) is 0.708. The quantitative estimate of drug-likeness (QED) is 0.550. The molecule has 0 N–H and O–H groups in total. The lowest BCUT2D eigenvalue weighted by Crippen LogP contribution is -2.43. The van der Waals surface area contributed by atoms with Gasteiger partial charge < -0.3 is 9.47 Å². The van der Waals surface area contributed by atoms with E-state index in [2.05, 4.69) is 11.0 Å². The highest BCUT2D eigenvalue weighted by Crippen LogP contribution is 2.35. The first-order chi connectivity index (χ1) is 15.0. The fourth-order valence-electron chi connectivity index (χ4n) is 3.90. The molecule has 3 aromatic rings. The lowest BCUT2D eigenvalue weighted by atomic mass is 10.1. The van der Waals surface area contributed by atoms with E-state index in [0.29, 0.717) is 23.8 Å². The zero-order chi connectivity index (χ0) is 21.8. The predicted octanol–water partition coefficient (Wildman–Crippen LogP) is 4.29. The number of ether oxygens (including phenoxy) is 2. The maximum Gasteiger partial charge on any atom is 0.260 e. The summed E-state index contributed by atoms with van der Waals surface area (Å²) in [5.74, 6) is 0.742. The van der Waals surface area contributed by atoms with Gasteiger partial charge in [0.15, 0.2) is 5.13 Å². The number of aromatic nitrogens is 1. The van der Waals surface area contributed by atoms with E-state index in [0.717, 1.165) is 59.9 Å². The molecule has 0 radical (unpaired) electrons. The first-order valence-electron chi connectivity index (χ1n) is 10.8. The van der Waals surface area contributed by atoms with Crippen molar-refractivity contribution in [2.75, 3.05) is 50.9 Å². The van der Waals surface area contributed by atoms with Gasteiger partial charge >= 0.3 is 0 Å². The number of fused-ring (bicyclic) bond motifs is 1. The molecule has 4 rings (SSSR count). The van der Waals surface area contributed by atoms with Crippen LogP contribution in [0.1, 0.15) is 28.4 Å². The normalized spacial score (nSPS) is 14.7. The fourth-order valence-corrected chi connectivity index (χ4v) is 4.91. The minimum absolute atomic E-state index is 0.0166. The Morgan fingerprint density at radius 3 is 2.65 bits per heavy atom. The minimum Gasteiger partial charge on any atom is -0.492 e. The van der Waals surface area contributed by atoms with Gasteiger partial charge in [0.1, 0.15) is 11.3 Å². The zero-order valence-electron chi connectivity index (χ0n) is 18.4. The van der Waals surface area contributed by atoms with Gasteiger partial charge in [-0.15, -0.1) is 0 Å². The summed E-state index contributed by atoms with van der Waals surface area (Å²) >= 11 is 1.53. The third-order valence-electron chi connectivity index (χ3n) is 5.36. The van der Waals surface area contributed by atoms with Gasteiger partial charge in [0.2, 0.25) is 0 Å². The van der Waals surface area contributed by atoms with Gasteiger partial charge in [-0.2, -0.15) is 0 Å². The number of carbonyl (C=O) groups excluding carboxylic acids is 1. The number of benzene rings is 2. The van der Waals surface area contributed by atoms with E-state index in [1.54, 1.807) is 0 Å². The molecule has 0 atom stereocenters. The smallest absolute Gasteiger partial charge is 0.260 e. The molecule has 0 spiro atoms. The minimum atomic E-state index is -0.0166. The van der Waals surface area contributed by atoms with Crippen LogP contribution < -0.4 is 9.64 Å². The zero-order valence-corrected chi connectivity index (χ0v) is 19.2. The molecule has 31 heavy (non-hydrogen) atoms. The van der Waals surface area contributed by atoms with Gasteiger partial charge in [-0.25, -0.2) is 4.98 Å². The Bertz CT molecular complexity index is 1040. The Morgan fingerprint density at radius 1 is 1.19 bits per heavy atom. The lowest BCUT2D eigenvalue weighted by Gasteiger charge is -2.29. The third-order valence-corrected chi connectivity index (χ3v) is 6.40. The number of carbonyl (C=O) groups is 1. The van der Waals surface area contributed by atoms with Crippen LogP contribution in [0, 0.1) is 13.8 Å². The molecule has 1 amide bonds. The highest BCUT2D eigenvalue weighted by molar-refractivity contribution is 7.22. The predicted molar refractivity (Wildman–Crippen MR) is 126 cm³/mol. The van der Waals surface area contributed by atoms with Crippen molar-refractivity contribution in [3.05, 3.63) is 53.1 Å². The molecule has 164 valence electrons. The SMILES string of the molecule is CCOc1cccc2sc(N(CCN3CCOCC3)C(=O)c3cc(C)cc(C)c3)nc12. The number of para-hydroxylation sites is 1. The molecule has 6 nitrogen and oxygen atoms in total. The van der Waals surface area contributed by atoms with Crippen LogP contribution in [-0.2, 0) is 4.74 Å². The van der Waals surface area contributed by atoms with Gasteiger partial charge in [-0.05, 0) is 45.0 Å². The van der Waals surface area contributed by atoms with Crippen molar-refractivity contribution in [2.24, 2.45) is 0 Å². The van der Waals surface area contributed by atoms with Gasteiger partial charge in [0.25, 0.3) is 5.91 Å². The van der Waals surface area contributed by atoms with E-state index in [-0.39, 0.29) is 5.91 Å². The van der Waals surface area contributed by atoms with E-state index in [1.807, 2.05) is 56.0 Å². The molecule has 7 heteroatoms. The molecule has 1 aliphatic rings. The van der Waals surface area contributed by atoms with E-state index in [4.69, 9.17) is 14.5 Å². The molecule has 1 aromatic heterocycles. The van der Waals surface area contributed by atoms with Crippen LogP contribution in [0.2, 0.25) is 0 Å². The molecule has 2 heterocycles. The number of nitrogens with zero attached hydrogens (tertiary/aromatic N) is 3. The number of morpholine rings is 1. The Hall–Kier alpha value is -2.48. The van der Waals surface area contributed by atoms with Crippen LogP contribution in [0.25, 0.3) is 10.2 Å². The molecular formula is C24H29N3O3S. The Labute approximate surface area is 187 Å². The molecule has 1 saturated heterocycles. The first kappa shape index (κ1) is 21.7. The molecule has 0 unspecified atom stereocenters. The van der Waals surface area contributed by atoms with Crippen molar-refractivity contribution >= 4 is 32.6 Å². The van der Waals surface area contributed by atoms with E-state index >= 15 is 0 Å². The van der Waals surface area contributed by atoms with Crippen molar-refractivity contribution < 1.29 is 14.3 Å². The number of amides is 1. The van der Waals surface area contributed by atoms with Crippen LogP contribution in [0.5, 0.6) is 5.75 Å². The molecule has 1 fully saturated rings. The average Bonchev–Trinajstić information content (AvgIpc) is 3.19. The second-order valence-electron chi connectivity index (χ2n) is 7.82. The number of hydrogen-bond donors (Lipinski definition) is 0. The molecule has 0 bridgehead atoms. The van der Waals surface area contributed by atoms with Crippen LogP contribution in [-0.4, -0.2) is 61.8 Å². The monoisotopic (exact) mass is 439 g/mol. The second kappa shape index (κ2) is 9.77. The summed E-state index contributed by atoms with van der Waals surface area (Å²) in [6, 6.07) is 11.9. The number of hydrogen-bond acceptors (Lipinski definition) is 6. The summed E-state index contributed by atoms with van der Waals surface area (Å²) in [6.45, 7) is 11.2. The fraction of sp³-hybridized carbons (Fsp3) is 0.417. The average molecular weight is 440 g/mol. The van der Waals surface area contributed by atoms with Crippen LogP contribution in [0.15, 0.2) is 36.4 Å². The van der Waals surface area contributed by atoms with E-state index < -0.39 is 0 Å². The van der Waals surface area contributed by atoms with Crippen molar-refractivity contribution in [3.8, 4) is 5.75 Å². The highest BCUT2D eigenvalue weighted by Gasteiger charge is 2.24. The summed E-state index contributed by atoms with van der Waals surface area (Å²) in [7, 11) is 0. The van der Waals surface area contributed by atoms with Crippen LogP contribution in [0.3, 0.4) is 0 Å². The standard InChI is InChI=1S/C24H29N3O3S/c1-4-30-20-6-5-7-21-22(20)25-24(31-21)27(9-8-26-10-12-29-13-11-26)23(28)19-15-17(2)14-18(3)16-19/h5-7,14-16H,4,8-13H2,1-3H3. The van der Waals surface area contributed by atoms with Crippen LogP contribution >= 0.6 is 11.3 Å². The lowest BCUT2D eigenvalue weighted by molar-refractivity contribution is 0.0391. The summed E-state index contributed by atoms with van der Waals surface area (Å²) in [6.07, 6.45) is 0. The molecular weight excluding hydrogens is 410 g/mol. The van der Waals surface area contributed by atoms with E-state index in [1.165, 1.54) is 11.3 Å². The van der Waals surface area contributed by atoms with Gasteiger partial charge in [-0.1, -0.05) is 34.6 Å². The van der Waals surface area contributed by atoms with Crippen molar-refractivity contribution in [1.82, 2.24) is 9.88 Å². The van der Waals surface area contributed by atoms with Gasteiger partial charge in [0, 0.05) is 31.7 Å². The van der Waals surface area contributed by atoms with Gasteiger partial charge in [0.05, 0.1) is 24.5 Å². The third kappa shape index (κ3) is 5.06. The Morgan fingerprint density at radius 2 is 1.94 bits per heavy atom. The number of aryl methyl sites for hydroxylation is 2. The van der Waals surface area contributed by atoms with E-state index in [9.17, 15) is 4.79 Å². The molecule has 2 aromatic carbocycles. The number of anilines is 1. The molecule has 0 saturated carbocycles. The largest absolute Gasteiger partial charge is 0.492 e. The Kier molecular flexibility index (Phi) is 6.85. The molecule has 1 aliphatic heterocycles. The number of rotatable bonds is 7. The van der Waals surface area contributed by atoms with Crippen molar-refractivity contribution in [1.29, 1.82) is 0 Å². The number of thiazole rings is 1. The highest BCUT2D eigenvalue weighted by atomic mass is 32.1. The van der Waals surface area contributed by atoms with Crippen LogP contribution in [0.4, 0.5) is 5.13 Å². The first-order valence-corrected chi connectivity index (χ1v) is 11.6. The Balaban J connectivity index is 1.68.